The van der Waals surface area contributed by atoms with Gasteiger partial charge in [0.2, 0.25) is 0 Å². The lowest BCUT2D eigenvalue weighted by Gasteiger charge is -1.98. The fourth-order valence-electron chi connectivity index (χ4n) is 0.488. The van der Waals surface area contributed by atoms with Crippen LogP contribution in [0.25, 0.3) is 0 Å². The van der Waals surface area contributed by atoms with Gasteiger partial charge in [0.25, 0.3) is 0 Å². The lowest BCUT2D eigenvalue weighted by atomic mass is 9.95. The molecule has 1 aromatic rings. The van der Waals surface area contributed by atoms with Crippen molar-refractivity contribution in [1.29, 1.82) is 0 Å². The topological polar surface area (TPSA) is 0 Å². The molecule has 9 heavy (non-hydrogen) atoms. The van der Waals surface area contributed by atoms with Crippen molar-refractivity contribution < 1.29 is 4.39 Å². The largest absolute Gasteiger partial charge is 0.218 e. The fraction of sp³-hybridized carbons (Fsp3) is 0.143. The van der Waals surface area contributed by atoms with Gasteiger partial charge in [-0.25, -0.2) is 9.85 Å². The molecule has 1 rings (SSSR count). The van der Waals surface area contributed by atoms with Gasteiger partial charge in [0.1, 0.15) is 5.82 Å². The van der Waals surface area contributed by atoms with E-state index < -0.39 is 0 Å². The molecular weight excluding hydrogens is 114 g/mol. The molecule has 0 nitrogen and oxygen atoms in total. The lowest BCUT2D eigenvalue weighted by molar-refractivity contribution is 0.619. The Labute approximate surface area is 55.1 Å². The Balaban J connectivity index is 3.17. The highest BCUT2D eigenvalue weighted by atomic mass is 19.1. The molecule has 0 atom stereocenters. The van der Waals surface area contributed by atoms with Crippen LogP contribution in [-0.2, 0) is 0 Å². The van der Waals surface area contributed by atoms with Crippen LogP contribution in [-0.4, -0.2) is 7.85 Å². The van der Waals surface area contributed by atoms with E-state index in [0.29, 0.717) is 0 Å². The van der Waals surface area contributed by atoms with E-state index in [1.54, 1.807) is 13.0 Å². The second-order valence-electron chi connectivity index (χ2n) is 1.68. The van der Waals surface area contributed by atoms with E-state index >= 15 is 0 Å². The van der Waals surface area contributed by atoms with Crippen LogP contribution in [0.5, 0.6) is 0 Å². The average molecular weight is 123 g/mol. The van der Waals surface area contributed by atoms with Gasteiger partial charge in [-0.3, -0.25) is 0 Å². The van der Waals surface area contributed by atoms with Crippen molar-refractivity contribution >= 4 is 13.3 Å². The molecule has 0 aliphatic heterocycles. The SMILES string of the molecule is [BH3-]c1ccc(C)c(F)c1. The van der Waals surface area contributed by atoms with Crippen molar-refractivity contribution in [2.45, 2.75) is 6.92 Å². The van der Waals surface area contributed by atoms with E-state index in [0.717, 1.165) is 5.56 Å². The molecule has 48 valence electrons. The molecule has 0 aliphatic rings. The van der Waals surface area contributed by atoms with E-state index in [1.165, 1.54) is 5.46 Å². The van der Waals surface area contributed by atoms with Crippen LogP contribution in [0.4, 0.5) is 4.39 Å². The summed E-state index contributed by atoms with van der Waals surface area (Å²) in [4.78, 5) is 0. The number of halogens is 1. The molecule has 0 aromatic heterocycles. The van der Waals surface area contributed by atoms with Crippen LogP contribution < -0.4 is 5.46 Å². The average Bonchev–Trinajstić information content (AvgIpc) is 1.80. The third-order valence-electron chi connectivity index (χ3n) is 1.02. The molecule has 0 radical (unpaired) electrons. The first-order chi connectivity index (χ1) is 4.20. The summed E-state index contributed by atoms with van der Waals surface area (Å²) in [6, 6.07) is 5.51. The fourth-order valence-corrected chi connectivity index (χ4v) is 0.488. The van der Waals surface area contributed by atoms with Crippen molar-refractivity contribution in [3.8, 4) is 0 Å². The Hall–Kier alpha value is -0.785. The Morgan fingerprint density at radius 3 is 2.56 bits per heavy atom. The van der Waals surface area contributed by atoms with Crippen molar-refractivity contribution in [2.75, 3.05) is 0 Å². The van der Waals surface area contributed by atoms with Crippen LogP contribution in [0.2, 0.25) is 0 Å². The molecular formula is C7H9BF-. The molecule has 0 spiro atoms. The van der Waals surface area contributed by atoms with Crippen LogP contribution in [0.15, 0.2) is 18.2 Å². The maximum absolute atomic E-state index is 12.6. The summed E-state index contributed by atoms with van der Waals surface area (Å²) < 4.78 is 12.6. The van der Waals surface area contributed by atoms with Crippen molar-refractivity contribution in [3.63, 3.8) is 0 Å². The summed E-state index contributed by atoms with van der Waals surface area (Å²) in [5.41, 5.74) is 1.97. The van der Waals surface area contributed by atoms with Crippen LogP contribution in [0, 0.1) is 12.7 Å². The van der Waals surface area contributed by atoms with E-state index in [-0.39, 0.29) is 13.7 Å². The summed E-state index contributed by atoms with van der Waals surface area (Å²) in [5, 5.41) is 0. The third-order valence-corrected chi connectivity index (χ3v) is 1.02. The number of hydrogen-bond donors (Lipinski definition) is 0. The maximum Gasteiger partial charge on any atom is 0.122 e. The molecule has 0 saturated heterocycles. The zero-order valence-corrected chi connectivity index (χ0v) is 4.61. The Morgan fingerprint density at radius 2 is 2.11 bits per heavy atom. The monoisotopic (exact) mass is 123 g/mol. The molecule has 0 saturated carbocycles. The molecule has 2 heteroatoms. The highest BCUT2D eigenvalue weighted by Crippen LogP contribution is 2.00. The molecule has 0 unspecified atom stereocenters. The minimum Gasteiger partial charge on any atom is -0.218 e. The Kier molecular flexibility index (Phi) is 1.56. The van der Waals surface area contributed by atoms with E-state index in [1.807, 2.05) is 12.1 Å². The van der Waals surface area contributed by atoms with Gasteiger partial charge in [-0.05, 0) is 20.3 Å². The van der Waals surface area contributed by atoms with E-state index in [4.69, 9.17) is 0 Å². The third kappa shape index (κ3) is 1.32. The minimum atomic E-state index is -0.0532. The second kappa shape index (κ2) is 2.22. The van der Waals surface area contributed by atoms with Gasteiger partial charge in [-0.15, -0.1) is 0 Å². The maximum atomic E-state index is 12.6. The van der Waals surface area contributed by atoms with Crippen LogP contribution in [0.1, 0.15) is 5.56 Å². The number of hydrogen-bond acceptors (Lipinski definition) is 0. The molecule has 1 aromatic carbocycles. The highest BCUT2D eigenvalue weighted by Gasteiger charge is 1.90. The van der Waals surface area contributed by atoms with Crippen LogP contribution in [0.3, 0.4) is 0 Å². The Morgan fingerprint density at radius 1 is 1.44 bits per heavy atom. The summed E-state index contributed by atoms with van der Waals surface area (Å²) >= 11 is 0. The summed E-state index contributed by atoms with van der Waals surface area (Å²) in [7, 11) is 0.172. The second-order valence-corrected chi connectivity index (χ2v) is 1.68. The van der Waals surface area contributed by atoms with Gasteiger partial charge in [-0.2, -0.15) is 0 Å². The van der Waals surface area contributed by atoms with Gasteiger partial charge >= 0.3 is 0 Å². The van der Waals surface area contributed by atoms with Crippen molar-refractivity contribution in [1.82, 2.24) is 0 Å². The predicted octanol–water partition coefficient (Wildman–Crippen LogP) is 0.125. The first kappa shape index (κ1) is 6.34. The van der Waals surface area contributed by atoms with Crippen LogP contribution >= 0.6 is 0 Å². The predicted molar refractivity (Wildman–Crippen MR) is 40.7 cm³/mol. The van der Waals surface area contributed by atoms with Gasteiger partial charge in [0.05, 0.1) is 0 Å². The number of benzene rings is 1. The minimum absolute atomic E-state index is 0.0532. The first-order valence-corrected chi connectivity index (χ1v) is 2.43. The molecule has 0 N–H and O–H groups in total. The van der Waals surface area contributed by atoms with Crippen molar-refractivity contribution in [2.24, 2.45) is 0 Å². The van der Waals surface area contributed by atoms with E-state index in [9.17, 15) is 4.39 Å². The molecule has 0 aliphatic carbocycles. The normalized spacial score (nSPS) is 9.67. The van der Waals surface area contributed by atoms with Gasteiger partial charge in [0, 0.05) is 0 Å². The highest BCUT2D eigenvalue weighted by molar-refractivity contribution is 6.32. The molecule has 0 bridgehead atoms. The standard InChI is InChI=1S/C7H9BF/c1-5-2-3-6(8)4-7(5)9/h2-4H,1,8H3/q-1. The van der Waals surface area contributed by atoms with E-state index in [2.05, 4.69) is 0 Å². The quantitative estimate of drug-likeness (QED) is 0.430. The van der Waals surface area contributed by atoms with Gasteiger partial charge < -0.3 is 0 Å². The van der Waals surface area contributed by atoms with Gasteiger partial charge in [-0.1, -0.05) is 18.2 Å². The first-order valence-electron chi connectivity index (χ1n) is 2.43. The summed E-state index contributed by atoms with van der Waals surface area (Å²) in [6.45, 7) is 1.79. The summed E-state index contributed by atoms with van der Waals surface area (Å²) in [5.74, 6) is -0.0532. The number of rotatable bonds is 0. The molecule has 0 amide bonds. The van der Waals surface area contributed by atoms with Crippen molar-refractivity contribution in [3.05, 3.63) is 29.6 Å². The Bertz CT molecular complexity index is 220. The summed E-state index contributed by atoms with van der Waals surface area (Å²) in [6.07, 6.45) is 0. The van der Waals surface area contributed by atoms with Gasteiger partial charge in [0.15, 0.2) is 0 Å². The zero-order valence-electron chi connectivity index (χ0n) is 4.61. The zero-order chi connectivity index (χ0) is 6.85. The molecule has 0 heterocycles. The lowest BCUT2D eigenvalue weighted by Crippen LogP contribution is -2.02. The molecule has 0 fully saturated rings. The smallest absolute Gasteiger partial charge is 0.122 e. The number of aryl methyl sites for hydroxylation is 1.